The minimum Gasteiger partial charge on any atom is -0.377 e. The molecule has 2 aliphatic heterocycles. The summed E-state index contributed by atoms with van der Waals surface area (Å²) < 4.78 is 5.04. The Morgan fingerprint density at radius 2 is 2.17 bits per heavy atom. The smallest absolute Gasteiger partial charge is 0.233 e. The number of methoxy groups -OCH3 is 1. The van der Waals surface area contributed by atoms with Gasteiger partial charge in [-0.25, -0.2) is 15.3 Å². The third-order valence-electron chi connectivity index (χ3n) is 4.49. The summed E-state index contributed by atoms with van der Waals surface area (Å²) in [6.45, 7) is 5.07. The minimum absolute atomic E-state index is 0.146. The summed E-state index contributed by atoms with van der Waals surface area (Å²) in [6, 6.07) is 0. The molecule has 3 rings (SSSR count). The number of ether oxygens (including phenoxy) is 1. The van der Waals surface area contributed by atoms with Crippen molar-refractivity contribution in [1.82, 2.24) is 10.4 Å². The maximum absolute atomic E-state index is 5.48. The highest BCUT2D eigenvalue weighted by molar-refractivity contribution is 5.83. The average Bonchev–Trinajstić information content (AvgIpc) is 2.93. The number of hydrogen-bond donors (Lipinski definition) is 1. The first kappa shape index (κ1) is 12.4. The Hall–Kier alpha value is -0.650. The molecule has 1 saturated heterocycles. The van der Waals surface area contributed by atoms with Gasteiger partial charge in [0.25, 0.3) is 0 Å². The Kier molecular flexibility index (Phi) is 3.54. The van der Waals surface area contributed by atoms with Gasteiger partial charge in [0.15, 0.2) is 5.84 Å². The van der Waals surface area contributed by atoms with Crippen molar-refractivity contribution in [3.05, 3.63) is 0 Å². The lowest BCUT2D eigenvalue weighted by molar-refractivity contribution is -0.0783. The van der Waals surface area contributed by atoms with Crippen molar-refractivity contribution in [2.45, 2.75) is 32.5 Å². The van der Waals surface area contributed by atoms with Crippen LogP contribution in [-0.4, -0.2) is 43.9 Å². The van der Waals surface area contributed by atoms with Gasteiger partial charge < -0.3 is 4.74 Å². The highest BCUT2D eigenvalue weighted by Crippen LogP contribution is 2.47. The second kappa shape index (κ2) is 5.15. The minimum atomic E-state index is -0.146. The number of likely N-dealkylation sites (tertiary alicyclic amines) is 1. The standard InChI is InChI=1S/C13H23N3O2/c1-9-7-11(9)10-3-5-16(6-4-10)13-14-12(8-17-2)15-18-13/h9-11,13H,3-8H2,1-2H3,(H,14,15). The molecule has 1 saturated carbocycles. The molecule has 3 unspecified atom stereocenters. The van der Waals surface area contributed by atoms with Crippen LogP contribution in [0.4, 0.5) is 0 Å². The summed E-state index contributed by atoms with van der Waals surface area (Å²) in [5, 5.41) is 0. The molecule has 0 bridgehead atoms. The van der Waals surface area contributed by atoms with Crippen molar-refractivity contribution < 1.29 is 9.57 Å². The Bertz CT molecular complexity index is 326. The number of aliphatic imine (C=N–C) groups is 1. The van der Waals surface area contributed by atoms with Gasteiger partial charge in [-0.1, -0.05) is 6.92 Å². The van der Waals surface area contributed by atoms with E-state index in [1.54, 1.807) is 7.11 Å². The van der Waals surface area contributed by atoms with Crippen LogP contribution in [0, 0.1) is 17.8 Å². The molecule has 1 aliphatic carbocycles. The largest absolute Gasteiger partial charge is 0.377 e. The monoisotopic (exact) mass is 253 g/mol. The summed E-state index contributed by atoms with van der Waals surface area (Å²) in [7, 11) is 1.67. The molecule has 102 valence electrons. The lowest BCUT2D eigenvalue weighted by atomic mass is 9.91. The number of amidine groups is 1. The number of nitrogens with one attached hydrogen (secondary N) is 1. The lowest BCUT2D eigenvalue weighted by Gasteiger charge is -2.33. The molecule has 2 heterocycles. The maximum atomic E-state index is 5.48. The van der Waals surface area contributed by atoms with E-state index in [0.717, 1.165) is 36.7 Å². The molecular formula is C13H23N3O2. The summed E-state index contributed by atoms with van der Waals surface area (Å²) in [5.41, 5.74) is 2.84. The fraction of sp³-hybridized carbons (Fsp3) is 0.923. The molecule has 0 radical (unpaired) electrons. The number of hydrogen-bond acceptors (Lipinski definition) is 5. The molecule has 1 N–H and O–H groups in total. The van der Waals surface area contributed by atoms with Gasteiger partial charge in [0.1, 0.15) is 6.61 Å². The van der Waals surface area contributed by atoms with E-state index in [1.807, 2.05) is 0 Å². The lowest BCUT2D eigenvalue weighted by Crippen LogP contribution is -2.42. The number of nitrogens with zero attached hydrogens (tertiary/aromatic N) is 2. The van der Waals surface area contributed by atoms with Gasteiger partial charge in [-0.2, -0.15) is 0 Å². The first-order chi connectivity index (χ1) is 8.78. The molecule has 0 aromatic carbocycles. The van der Waals surface area contributed by atoms with E-state index in [9.17, 15) is 0 Å². The van der Waals surface area contributed by atoms with Crippen LogP contribution in [-0.2, 0) is 9.57 Å². The third-order valence-corrected chi connectivity index (χ3v) is 4.49. The second-order valence-electron chi connectivity index (χ2n) is 5.81. The van der Waals surface area contributed by atoms with Gasteiger partial charge in [0, 0.05) is 20.2 Å². The van der Waals surface area contributed by atoms with Crippen LogP contribution in [0.25, 0.3) is 0 Å². The van der Waals surface area contributed by atoms with Crippen molar-refractivity contribution >= 4 is 5.84 Å². The number of rotatable bonds is 4. The predicted octanol–water partition coefficient (Wildman–Crippen LogP) is 1.22. The van der Waals surface area contributed by atoms with Crippen LogP contribution < -0.4 is 5.48 Å². The summed E-state index contributed by atoms with van der Waals surface area (Å²) in [5.74, 6) is 3.70. The van der Waals surface area contributed by atoms with Gasteiger partial charge >= 0.3 is 0 Å². The summed E-state index contributed by atoms with van der Waals surface area (Å²) in [4.78, 5) is 12.3. The molecule has 0 aromatic heterocycles. The Morgan fingerprint density at radius 3 is 2.78 bits per heavy atom. The molecular weight excluding hydrogens is 230 g/mol. The van der Waals surface area contributed by atoms with Gasteiger partial charge in [-0.05, 0) is 37.0 Å². The number of hydroxylamine groups is 1. The Labute approximate surface area is 108 Å². The van der Waals surface area contributed by atoms with E-state index >= 15 is 0 Å². The van der Waals surface area contributed by atoms with Crippen molar-refractivity contribution in [1.29, 1.82) is 0 Å². The van der Waals surface area contributed by atoms with Crippen molar-refractivity contribution in [3.8, 4) is 0 Å². The van der Waals surface area contributed by atoms with Crippen LogP contribution in [0.3, 0.4) is 0 Å². The first-order valence-corrected chi connectivity index (χ1v) is 6.99. The molecule has 3 aliphatic rings. The molecule has 18 heavy (non-hydrogen) atoms. The van der Waals surface area contributed by atoms with Gasteiger partial charge in [0.2, 0.25) is 6.35 Å². The molecule has 2 fully saturated rings. The average molecular weight is 253 g/mol. The topological polar surface area (TPSA) is 46.1 Å². The van der Waals surface area contributed by atoms with Crippen molar-refractivity contribution in [2.75, 3.05) is 26.8 Å². The zero-order valence-electron chi connectivity index (χ0n) is 11.3. The highest BCUT2D eigenvalue weighted by Gasteiger charge is 2.41. The summed E-state index contributed by atoms with van der Waals surface area (Å²) in [6.07, 6.45) is 3.89. The third kappa shape index (κ3) is 2.53. The predicted molar refractivity (Wildman–Crippen MR) is 68.9 cm³/mol. The van der Waals surface area contributed by atoms with E-state index in [1.165, 1.54) is 19.3 Å². The molecule has 0 aromatic rings. The fourth-order valence-corrected chi connectivity index (χ4v) is 3.24. The summed E-state index contributed by atoms with van der Waals surface area (Å²) >= 11 is 0. The van der Waals surface area contributed by atoms with Crippen LogP contribution >= 0.6 is 0 Å². The van der Waals surface area contributed by atoms with Gasteiger partial charge in [-0.3, -0.25) is 4.90 Å². The van der Waals surface area contributed by atoms with E-state index < -0.39 is 0 Å². The fourth-order valence-electron chi connectivity index (χ4n) is 3.24. The van der Waals surface area contributed by atoms with E-state index in [-0.39, 0.29) is 6.35 Å². The quantitative estimate of drug-likeness (QED) is 0.818. The molecule has 5 heteroatoms. The highest BCUT2D eigenvalue weighted by atomic mass is 16.7. The molecule has 3 atom stereocenters. The first-order valence-electron chi connectivity index (χ1n) is 6.99. The van der Waals surface area contributed by atoms with Gasteiger partial charge in [0.05, 0.1) is 0 Å². The number of piperidine rings is 1. The van der Waals surface area contributed by atoms with Gasteiger partial charge in [-0.15, -0.1) is 0 Å². The maximum Gasteiger partial charge on any atom is 0.233 e. The van der Waals surface area contributed by atoms with Crippen LogP contribution in [0.5, 0.6) is 0 Å². The zero-order valence-corrected chi connectivity index (χ0v) is 11.3. The van der Waals surface area contributed by atoms with E-state index in [2.05, 4.69) is 22.3 Å². The Morgan fingerprint density at radius 1 is 1.44 bits per heavy atom. The van der Waals surface area contributed by atoms with Crippen LogP contribution in [0.15, 0.2) is 4.99 Å². The van der Waals surface area contributed by atoms with E-state index in [4.69, 9.17) is 9.57 Å². The van der Waals surface area contributed by atoms with Crippen molar-refractivity contribution in [3.63, 3.8) is 0 Å². The molecule has 0 spiro atoms. The van der Waals surface area contributed by atoms with E-state index in [0.29, 0.717) is 6.61 Å². The molecule has 5 nitrogen and oxygen atoms in total. The zero-order chi connectivity index (χ0) is 12.5. The normalized spacial score (nSPS) is 37.4. The SMILES string of the molecule is COCC1=NC(N2CCC(C3CC3C)CC2)ON1. The van der Waals surface area contributed by atoms with Crippen LogP contribution in [0.2, 0.25) is 0 Å². The second-order valence-corrected chi connectivity index (χ2v) is 5.81. The van der Waals surface area contributed by atoms with Crippen LogP contribution in [0.1, 0.15) is 26.2 Å². The van der Waals surface area contributed by atoms with Crippen molar-refractivity contribution in [2.24, 2.45) is 22.7 Å². The Balaban J connectivity index is 1.48. The molecule has 0 amide bonds.